The zero-order chi connectivity index (χ0) is 2.00. The molecule has 0 fully saturated rings. The first-order valence-electron chi connectivity index (χ1n) is 1.00. The Kier molecular flexibility index (Phi) is 432. The van der Waals surface area contributed by atoms with Gasteiger partial charge in [-0.1, -0.05) is 13.8 Å². The van der Waals surface area contributed by atoms with Crippen LogP contribution in [0.15, 0.2) is 0 Å². The van der Waals surface area contributed by atoms with Crippen molar-refractivity contribution in [2.45, 2.75) is 13.8 Å². The Balaban J connectivity index is -0.00000000167. The van der Waals surface area contributed by atoms with Crippen LogP contribution in [0.25, 0.3) is 0 Å². The van der Waals surface area contributed by atoms with Gasteiger partial charge in [0, 0.05) is 0 Å². The molecule has 0 rings (SSSR count). The molecule has 0 aromatic carbocycles. The van der Waals surface area contributed by atoms with Crippen LogP contribution in [0.3, 0.4) is 0 Å². The standard InChI is InChI=1S/C2H6.2ClH.Ga.3H/c1-2;;;;;;/h1-2H3;2*1H;;;;. The second-order valence-corrected chi connectivity index (χ2v) is 0. The number of hydrogen-bond donors (Lipinski definition) is 0. The van der Waals surface area contributed by atoms with Crippen LogP contribution in [0.5, 0.6) is 0 Å². The molecule has 0 aliphatic heterocycles. The Morgan fingerprint density at radius 1 is 0.800 bits per heavy atom. The molecule has 0 spiro atoms. The van der Waals surface area contributed by atoms with E-state index in [-0.39, 0.29) is 44.6 Å². The van der Waals surface area contributed by atoms with Gasteiger partial charge >= 0.3 is 19.8 Å². The van der Waals surface area contributed by atoms with E-state index in [1.807, 2.05) is 13.8 Å². The zero-order valence-electron chi connectivity index (χ0n) is 2.82. The van der Waals surface area contributed by atoms with Crippen molar-refractivity contribution in [2.75, 3.05) is 0 Å². The molecule has 36 valence electrons. The fourth-order valence-corrected chi connectivity index (χ4v) is 0. The molecule has 0 aliphatic carbocycles. The zero-order valence-corrected chi connectivity index (χ0v) is 4.45. The van der Waals surface area contributed by atoms with Crippen LogP contribution < -0.4 is 0 Å². The normalized spacial score (nSPS) is 1.20. The quantitative estimate of drug-likeness (QED) is 0.476. The van der Waals surface area contributed by atoms with Crippen molar-refractivity contribution < 1.29 is 0 Å². The van der Waals surface area contributed by atoms with E-state index in [2.05, 4.69) is 0 Å². The third kappa shape index (κ3) is 36.5. The topological polar surface area (TPSA) is 0 Å². The monoisotopic (exact) mass is 174 g/mol. The second-order valence-electron chi connectivity index (χ2n) is 0. The second kappa shape index (κ2) is 62.7. The number of hydrogen-bond acceptors (Lipinski definition) is 0. The summed E-state index contributed by atoms with van der Waals surface area (Å²) in [5, 5.41) is 0. The first-order chi connectivity index (χ1) is 1.00. The van der Waals surface area contributed by atoms with E-state index in [1.54, 1.807) is 0 Å². The van der Waals surface area contributed by atoms with Crippen LogP contribution in [-0.2, 0) is 0 Å². The van der Waals surface area contributed by atoms with E-state index >= 15 is 0 Å². The van der Waals surface area contributed by atoms with E-state index in [9.17, 15) is 0 Å². The SMILES string of the molecule is CC.Cl.Cl.[GaH3]. The summed E-state index contributed by atoms with van der Waals surface area (Å²) in [4.78, 5) is 0. The molecule has 0 aromatic rings. The van der Waals surface area contributed by atoms with Crippen molar-refractivity contribution >= 4 is 44.6 Å². The van der Waals surface area contributed by atoms with E-state index in [0.717, 1.165) is 0 Å². The molecular formula is C2H11Cl2Ga. The molecule has 0 unspecified atom stereocenters. The van der Waals surface area contributed by atoms with Crippen LogP contribution in [0.2, 0.25) is 0 Å². The Morgan fingerprint density at radius 3 is 0.800 bits per heavy atom. The Morgan fingerprint density at radius 2 is 0.800 bits per heavy atom. The van der Waals surface area contributed by atoms with Crippen LogP contribution in [0.4, 0.5) is 0 Å². The summed E-state index contributed by atoms with van der Waals surface area (Å²) < 4.78 is 0. The van der Waals surface area contributed by atoms with Gasteiger partial charge in [-0.25, -0.2) is 0 Å². The van der Waals surface area contributed by atoms with Crippen molar-refractivity contribution in [3.05, 3.63) is 0 Å². The van der Waals surface area contributed by atoms with Crippen LogP contribution in [0.1, 0.15) is 13.8 Å². The van der Waals surface area contributed by atoms with Gasteiger partial charge in [-0.05, 0) is 0 Å². The van der Waals surface area contributed by atoms with Gasteiger partial charge in [-0.2, -0.15) is 0 Å². The molecular weight excluding hydrogens is 165 g/mol. The molecule has 0 aromatic heterocycles. The van der Waals surface area contributed by atoms with Gasteiger partial charge < -0.3 is 0 Å². The van der Waals surface area contributed by atoms with Crippen LogP contribution >= 0.6 is 24.8 Å². The van der Waals surface area contributed by atoms with Gasteiger partial charge in [0.25, 0.3) is 0 Å². The molecule has 0 heterocycles. The van der Waals surface area contributed by atoms with Gasteiger partial charge in [-0.3, -0.25) is 0 Å². The predicted molar refractivity (Wildman–Crippen MR) is 35.8 cm³/mol. The molecule has 0 aliphatic rings. The average molecular weight is 176 g/mol. The molecule has 0 radical (unpaired) electrons. The van der Waals surface area contributed by atoms with E-state index in [0.29, 0.717) is 0 Å². The molecule has 3 heteroatoms. The summed E-state index contributed by atoms with van der Waals surface area (Å²) in [6.07, 6.45) is 0. The summed E-state index contributed by atoms with van der Waals surface area (Å²) >= 11 is 0. The molecule has 0 saturated heterocycles. The van der Waals surface area contributed by atoms with E-state index in [1.165, 1.54) is 0 Å². The fourth-order valence-electron chi connectivity index (χ4n) is 0. The van der Waals surface area contributed by atoms with Crippen molar-refractivity contribution in [1.29, 1.82) is 0 Å². The molecule has 0 saturated carbocycles. The summed E-state index contributed by atoms with van der Waals surface area (Å²) in [5.74, 6) is 0. The third-order valence-corrected chi connectivity index (χ3v) is 0. The van der Waals surface area contributed by atoms with Gasteiger partial charge in [-0.15, -0.1) is 24.8 Å². The summed E-state index contributed by atoms with van der Waals surface area (Å²) in [6.45, 7) is 4.00. The van der Waals surface area contributed by atoms with E-state index < -0.39 is 0 Å². The maximum absolute atomic E-state index is 2.00. The van der Waals surface area contributed by atoms with Crippen molar-refractivity contribution in [3.8, 4) is 0 Å². The molecule has 0 atom stereocenters. The Labute approximate surface area is 58.6 Å². The van der Waals surface area contributed by atoms with Gasteiger partial charge in [0.05, 0.1) is 0 Å². The number of rotatable bonds is 0. The Bertz CT molecular complexity index is 7.61. The molecule has 0 bridgehead atoms. The summed E-state index contributed by atoms with van der Waals surface area (Å²) in [5.41, 5.74) is 0. The predicted octanol–water partition coefficient (Wildman–Crippen LogP) is 0.686. The first-order valence-corrected chi connectivity index (χ1v) is 1.00. The molecule has 0 N–H and O–H groups in total. The summed E-state index contributed by atoms with van der Waals surface area (Å²) in [6, 6.07) is 0. The minimum absolute atomic E-state index is 0. The fraction of sp³-hybridized carbons (Fsp3) is 1.00. The molecule has 5 heavy (non-hydrogen) atoms. The molecule has 0 nitrogen and oxygen atoms in total. The van der Waals surface area contributed by atoms with Crippen molar-refractivity contribution in [1.82, 2.24) is 0 Å². The van der Waals surface area contributed by atoms with Crippen LogP contribution in [0, 0.1) is 0 Å². The summed E-state index contributed by atoms with van der Waals surface area (Å²) in [7, 11) is 0. The van der Waals surface area contributed by atoms with E-state index in [4.69, 9.17) is 0 Å². The van der Waals surface area contributed by atoms with Gasteiger partial charge in [0.1, 0.15) is 0 Å². The average Bonchev–Trinajstić information content (AvgIpc) is 1.00. The number of halogens is 2. The first kappa shape index (κ1) is 34.4. The minimum atomic E-state index is 0. The van der Waals surface area contributed by atoms with Crippen LogP contribution in [-0.4, -0.2) is 19.8 Å². The van der Waals surface area contributed by atoms with Crippen molar-refractivity contribution in [3.63, 3.8) is 0 Å². The van der Waals surface area contributed by atoms with Crippen molar-refractivity contribution in [2.24, 2.45) is 0 Å². The maximum atomic E-state index is 2.00. The molecule has 0 amide bonds. The third-order valence-electron chi connectivity index (χ3n) is 0. The van der Waals surface area contributed by atoms with Gasteiger partial charge in [0.2, 0.25) is 0 Å². The van der Waals surface area contributed by atoms with Gasteiger partial charge in [0.15, 0.2) is 0 Å². The Hall–Kier alpha value is 1.22.